The van der Waals surface area contributed by atoms with E-state index in [2.05, 4.69) is 0 Å². The van der Waals surface area contributed by atoms with Crippen LogP contribution in [0.25, 0.3) is 0 Å². The van der Waals surface area contributed by atoms with Crippen molar-refractivity contribution in [2.24, 2.45) is 0 Å². The first-order valence-corrected chi connectivity index (χ1v) is 4.96. The molecule has 0 aromatic heterocycles. The van der Waals surface area contributed by atoms with Crippen LogP contribution in [0, 0.1) is 0 Å². The number of hydrogen-bond acceptors (Lipinski definition) is 3. The van der Waals surface area contributed by atoms with Crippen LogP contribution < -0.4 is 0 Å². The number of hydrogen-bond donors (Lipinski definition) is 2. The summed E-state index contributed by atoms with van der Waals surface area (Å²) >= 11 is 0. The van der Waals surface area contributed by atoms with Gasteiger partial charge in [-0.2, -0.15) is 0 Å². The molecular formula is C9H20N2O3. The van der Waals surface area contributed by atoms with Crippen LogP contribution in [-0.4, -0.2) is 65.4 Å². The minimum absolute atomic E-state index is 0.0315. The molecule has 5 nitrogen and oxygen atoms in total. The Kier molecular flexibility index (Phi) is 7.14. The second-order valence-corrected chi connectivity index (χ2v) is 2.89. The van der Waals surface area contributed by atoms with Gasteiger partial charge in [0.15, 0.2) is 0 Å². The molecule has 0 aliphatic heterocycles. The quantitative estimate of drug-likeness (QED) is 0.626. The lowest BCUT2D eigenvalue weighted by Crippen LogP contribution is -2.45. The predicted octanol–water partition coefficient (Wildman–Crippen LogP) is -0.265. The Morgan fingerprint density at radius 2 is 1.36 bits per heavy atom. The van der Waals surface area contributed by atoms with Gasteiger partial charge in [0, 0.05) is 26.2 Å². The second kappa shape index (κ2) is 7.58. The maximum Gasteiger partial charge on any atom is 0.320 e. The second-order valence-electron chi connectivity index (χ2n) is 2.89. The lowest BCUT2D eigenvalue weighted by atomic mass is 10.4. The van der Waals surface area contributed by atoms with E-state index in [0.29, 0.717) is 26.2 Å². The first kappa shape index (κ1) is 13.2. The summed E-state index contributed by atoms with van der Waals surface area (Å²) in [5.74, 6) is 0. The van der Waals surface area contributed by atoms with E-state index in [1.807, 2.05) is 13.8 Å². The fourth-order valence-corrected chi connectivity index (χ4v) is 1.22. The molecule has 0 aliphatic carbocycles. The van der Waals surface area contributed by atoms with Gasteiger partial charge < -0.3 is 20.0 Å². The minimum Gasteiger partial charge on any atom is -0.395 e. The van der Waals surface area contributed by atoms with Crippen molar-refractivity contribution >= 4 is 6.03 Å². The molecule has 0 aromatic carbocycles. The Morgan fingerprint density at radius 1 is 1.00 bits per heavy atom. The highest BCUT2D eigenvalue weighted by Gasteiger charge is 2.16. The zero-order chi connectivity index (χ0) is 11.0. The van der Waals surface area contributed by atoms with Crippen molar-refractivity contribution < 1.29 is 15.0 Å². The summed E-state index contributed by atoms with van der Waals surface area (Å²) in [5.41, 5.74) is 0. The van der Waals surface area contributed by atoms with Crippen molar-refractivity contribution in [3.05, 3.63) is 0 Å². The van der Waals surface area contributed by atoms with Gasteiger partial charge in [0.05, 0.1) is 13.2 Å². The summed E-state index contributed by atoms with van der Waals surface area (Å²) in [6.45, 7) is 5.49. The van der Waals surface area contributed by atoms with Crippen LogP contribution in [-0.2, 0) is 0 Å². The Labute approximate surface area is 84.9 Å². The summed E-state index contributed by atoms with van der Waals surface area (Å²) in [4.78, 5) is 14.8. The van der Waals surface area contributed by atoms with Crippen LogP contribution >= 0.6 is 0 Å². The Balaban J connectivity index is 4.21. The number of carbonyl (C=O) groups is 1. The van der Waals surface area contributed by atoms with Crippen LogP contribution in [0.4, 0.5) is 4.79 Å². The fraction of sp³-hybridized carbons (Fsp3) is 0.889. The van der Waals surface area contributed by atoms with Gasteiger partial charge in [0.2, 0.25) is 0 Å². The van der Waals surface area contributed by atoms with Crippen LogP contribution in [0.1, 0.15) is 13.8 Å². The van der Waals surface area contributed by atoms with E-state index in [-0.39, 0.29) is 19.2 Å². The van der Waals surface area contributed by atoms with Crippen molar-refractivity contribution in [1.29, 1.82) is 0 Å². The number of likely N-dealkylation sites (N-methyl/N-ethyl adjacent to an activating group) is 2. The van der Waals surface area contributed by atoms with E-state index >= 15 is 0 Å². The van der Waals surface area contributed by atoms with Crippen LogP contribution in [0.5, 0.6) is 0 Å². The molecule has 0 aromatic rings. The lowest BCUT2D eigenvalue weighted by molar-refractivity contribution is 0.134. The van der Waals surface area contributed by atoms with Crippen LogP contribution in [0.2, 0.25) is 0 Å². The smallest absolute Gasteiger partial charge is 0.320 e. The molecule has 0 saturated carbocycles. The average molecular weight is 204 g/mol. The molecule has 0 heterocycles. The molecule has 0 spiro atoms. The Morgan fingerprint density at radius 3 is 1.57 bits per heavy atom. The third-order valence-corrected chi connectivity index (χ3v) is 2.04. The third kappa shape index (κ3) is 3.93. The van der Waals surface area contributed by atoms with Gasteiger partial charge in [0.25, 0.3) is 0 Å². The van der Waals surface area contributed by atoms with Crippen molar-refractivity contribution in [2.45, 2.75) is 13.8 Å². The first-order valence-electron chi connectivity index (χ1n) is 4.96. The molecule has 14 heavy (non-hydrogen) atoms. The Hall–Kier alpha value is -0.810. The van der Waals surface area contributed by atoms with Gasteiger partial charge in [-0.1, -0.05) is 0 Å². The maximum atomic E-state index is 11.7. The molecule has 0 radical (unpaired) electrons. The zero-order valence-electron chi connectivity index (χ0n) is 8.94. The van der Waals surface area contributed by atoms with Crippen molar-refractivity contribution in [3.8, 4) is 0 Å². The number of urea groups is 1. The molecule has 0 saturated heterocycles. The monoisotopic (exact) mass is 204 g/mol. The molecule has 2 N–H and O–H groups in total. The zero-order valence-corrected chi connectivity index (χ0v) is 8.94. The molecule has 0 atom stereocenters. The van der Waals surface area contributed by atoms with Gasteiger partial charge in [-0.15, -0.1) is 0 Å². The molecule has 0 fully saturated rings. The van der Waals surface area contributed by atoms with Gasteiger partial charge in [-0.25, -0.2) is 4.79 Å². The van der Waals surface area contributed by atoms with E-state index < -0.39 is 0 Å². The topological polar surface area (TPSA) is 64.0 Å². The van der Waals surface area contributed by atoms with E-state index in [9.17, 15) is 4.79 Å². The summed E-state index contributed by atoms with van der Waals surface area (Å²) < 4.78 is 0. The van der Waals surface area contributed by atoms with Gasteiger partial charge >= 0.3 is 6.03 Å². The number of rotatable bonds is 6. The highest BCUT2D eigenvalue weighted by atomic mass is 16.3. The highest BCUT2D eigenvalue weighted by molar-refractivity contribution is 5.74. The van der Waals surface area contributed by atoms with E-state index in [0.717, 1.165) is 0 Å². The molecule has 84 valence electrons. The number of amides is 2. The highest BCUT2D eigenvalue weighted by Crippen LogP contribution is 1.98. The van der Waals surface area contributed by atoms with Gasteiger partial charge in [0.1, 0.15) is 0 Å². The predicted molar refractivity (Wildman–Crippen MR) is 54.1 cm³/mol. The lowest BCUT2D eigenvalue weighted by Gasteiger charge is -2.28. The molecule has 0 aliphatic rings. The maximum absolute atomic E-state index is 11.7. The molecule has 5 heteroatoms. The molecule has 0 rings (SSSR count). The molecular weight excluding hydrogens is 184 g/mol. The first-order chi connectivity index (χ1) is 6.71. The summed E-state index contributed by atoms with van der Waals surface area (Å²) in [7, 11) is 0. The normalized spacial score (nSPS) is 10.0. The van der Waals surface area contributed by atoms with Gasteiger partial charge in [-0.05, 0) is 13.8 Å². The number of carbonyl (C=O) groups excluding carboxylic acids is 1. The van der Waals surface area contributed by atoms with E-state index in [4.69, 9.17) is 10.2 Å². The summed E-state index contributed by atoms with van der Waals surface area (Å²) in [6.07, 6.45) is 0. The number of aliphatic hydroxyl groups is 2. The SMILES string of the molecule is CCN(CCO)C(=O)N(CC)CCO. The molecule has 0 bridgehead atoms. The standard InChI is InChI=1S/C9H20N2O3/c1-3-10(5-7-12)9(14)11(4-2)6-8-13/h12-13H,3-8H2,1-2H3. The Bertz CT molecular complexity index is 148. The minimum atomic E-state index is -0.127. The fourth-order valence-electron chi connectivity index (χ4n) is 1.22. The van der Waals surface area contributed by atoms with Crippen molar-refractivity contribution in [3.63, 3.8) is 0 Å². The summed E-state index contributed by atoms with van der Waals surface area (Å²) in [6, 6.07) is -0.127. The van der Waals surface area contributed by atoms with Crippen LogP contribution in [0.3, 0.4) is 0 Å². The molecule has 2 amide bonds. The van der Waals surface area contributed by atoms with Crippen molar-refractivity contribution in [1.82, 2.24) is 9.80 Å². The van der Waals surface area contributed by atoms with Crippen molar-refractivity contribution in [2.75, 3.05) is 39.4 Å². The summed E-state index contributed by atoms with van der Waals surface area (Å²) in [5, 5.41) is 17.5. The van der Waals surface area contributed by atoms with Gasteiger partial charge in [-0.3, -0.25) is 0 Å². The van der Waals surface area contributed by atoms with E-state index in [1.165, 1.54) is 0 Å². The average Bonchev–Trinajstić information content (AvgIpc) is 2.21. The number of nitrogens with zero attached hydrogens (tertiary/aromatic N) is 2. The molecule has 0 unspecified atom stereocenters. The van der Waals surface area contributed by atoms with Crippen LogP contribution in [0.15, 0.2) is 0 Å². The van der Waals surface area contributed by atoms with E-state index in [1.54, 1.807) is 9.80 Å². The third-order valence-electron chi connectivity index (χ3n) is 2.04. The largest absolute Gasteiger partial charge is 0.395 e. The number of aliphatic hydroxyl groups excluding tert-OH is 2.